The summed E-state index contributed by atoms with van der Waals surface area (Å²) in [6, 6.07) is 4.38. The highest BCUT2D eigenvalue weighted by Crippen LogP contribution is 2.58. The number of carbonyl (C=O) groups is 2. The van der Waals surface area contributed by atoms with Crippen molar-refractivity contribution < 1.29 is 28.9 Å². The number of hydrogen-bond donors (Lipinski definition) is 3. The van der Waals surface area contributed by atoms with E-state index in [1.54, 1.807) is 19.1 Å². The summed E-state index contributed by atoms with van der Waals surface area (Å²) in [6.45, 7) is 1.56. The Hall–Kier alpha value is -1.99. The summed E-state index contributed by atoms with van der Waals surface area (Å²) in [5, 5.41) is 21.7. The molecule has 0 aromatic heterocycles. The van der Waals surface area contributed by atoms with Crippen LogP contribution in [0.2, 0.25) is 0 Å². The van der Waals surface area contributed by atoms with Crippen LogP contribution in [-0.2, 0) is 14.3 Å². The molecule has 1 atom stereocenters. The van der Waals surface area contributed by atoms with E-state index < -0.39 is 34.8 Å². The number of ether oxygens (including phenoxy) is 1. The summed E-state index contributed by atoms with van der Waals surface area (Å²) < 4.78 is 18.9. The minimum atomic E-state index is -1.10. The van der Waals surface area contributed by atoms with Crippen molar-refractivity contribution in [3.05, 3.63) is 35.1 Å². The molecule has 1 aromatic rings. The Balaban J connectivity index is 1.58. The number of fused-ring (bicyclic) bond motifs is 1. The smallest absolute Gasteiger partial charge is 0.312 e. The van der Waals surface area contributed by atoms with Crippen LogP contribution in [0.4, 0.5) is 4.39 Å². The van der Waals surface area contributed by atoms with Crippen molar-refractivity contribution >= 4 is 11.9 Å². The van der Waals surface area contributed by atoms with Crippen molar-refractivity contribution in [2.45, 2.75) is 31.5 Å². The van der Waals surface area contributed by atoms with Crippen molar-refractivity contribution in [2.75, 3.05) is 13.2 Å². The third kappa shape index (κ3) is 2.49. The number of hydrogen-bond acceptors (Lipinski definition) is 4. The van der Waals surface area contributed by atoms with Gasteiger partial charge in [0, 0.05) is 19.4 Å². The van der Waals surface area contributed by atoms with Crippen LogP contribution < -0.4 is 5.32 Å². The van der Waals surface area contributed by atoms with E-state index in [0.29, 0.717) is 11.1 Å². The third-order valence-corrected chi connectivity index (χ3v) is 4.78. The number of nitrogens with one attached hydrogen (secondary N) is 1. The van der Waals surface area contributed by atoms with Crippen LogP contribution >= 0.6 is 0 Å². The summed E-state index contributed by atoms with van der Waals surface area (Å²) in [5.74, 6) is -1.80. The number of carboxylic acids is 1. The number of halogens is 1. The molecule has 1 saturated carbocycles. The maximum atomic E-state index is 13.5. The van der Waals surface area contributed by atoms with E-state index in [2.05, 4.69) is 5.32 Å². The Bertz CT molecular complexity index is 668. The van der Waals surface area contributed by atoms with Crippen molar-refractivity contribution in [1.82, 2.24) is 5.32 Å². The molecule has 6 nitrogen and oxygen atoms in total. The number of aliphatic carboxylic acids is 1. The topological polar surface area (TPSA) is 95.9 Å². The van der Waals surface area contributed by atoms with Gasteiger partial charge in [-0.1, -0.05) is 12.1 Å². The van der Waals surface area contributed by atoms with E-state index >= 15 is 0 Å². The molecule has 1 aliphatic carbocycles. The number of carboxylic acid groups (broad SMARTS) is 1. The largest absolute Gasteiger partial charge is 0.481 e. The molecule has 2 bridgehead atoms. The fourth-order valence-corrected chi connectivity index (χ4v) is 3.25. The van der Waals surface area contributed by atoms with Crippen molar-refractivity contribution in [3.8, 4) is 0 Å². The van der Waals surface area contributed by atoms with Crippen LogP contribution in [-0.4, -0.2) is 40.8 Å². The molecule has 1 unspecified atom stereocenters. The molecule has 3 N–H and O–H groups in total. The third-order valence-electron chi connectivity index (χ3n) is 4.78. The molecule has 0 radical (unpaired) electrons. The molecule has 4 rings (SSSR count). The zero-order valence-corrected chi connectivity index (χ0v) is 12.6. The lowest BCUT2D eigenvalue weighted by molar-refractivity contribution is -0.158. The molecular formula is C16H18FNO5. The molecular weight excluding hydrogens is 305 g/mol. The Morgan fingerprint density at radius 1 is 1.43 bits per heavy atom. The highest BCUT2D eigenvalue weighted by atomic mass is 19.1. The molecule has 23 heavy (non-hydrogen) atoms. The SMILES string of the molecule is Cc1ccc(C(O)CNC(=O)C23CC(C(=O)O)(CO2)C3)cc1F. The van der Waals surface area contributed by atoms with Gasteiger partial charge >= 0.3 is 5.97 Å². The van der Waals surface area contributed by atoms with Gasteiger partial charge in [0.25, 0.3) is 5.91 Å². The van der Waals surface area contributed by atoms with Crippen molar-refractivity contribution in [1.29, 1.82) is 0 Å². The molecule has 2 heterocycles. The normalized spacial score (nSPS) is 29.7. The summed E-state index contributed by atoms with van der Waals surface area (Å²) in [6.07, 6.45) is -0.747. The quantitative estimate of drug-likeness (QED) is 0.749. The first-order chi connectivity index (χ1) is 10.8. The first-order valence-corrected chi connectivity index (χ1v) is 7.38. The van der Waals surface area contributed by atoms with E-state index in [4.69, 9.17) is 9.84 Å². The number of aliphatic hydroxyl groups is 1. The molecule has 3 fully saturated rings. The molecule has 2 aliphatic heterocycles. The standard InChI is InChI=1S/C16H18FNO5/c1-9-2-3-10(4-11(9)17)12(19)5-18-13(20)16-6-15(7-16,8-23-16)14(21)22/h2-4,12,19H,5-8H2,1H3,(H,18,20)(H,21,22). The molecule has 1 amide bonds. The predicted octanol–water partition coefficient (Wildman–Crippen LogP) is 0.918. The van der Waals surface area contributed by atoms with Gasteiger partial charge in [-0.2, -0.15) is 0 Å². The van der Waals surface area contributed by atoms with Crippen LogP contribution in [0, 0.1) is 18.2 Å². The lowest BCUT2D eigenvalue weighted by Crippen LogP contribution is -2.57. The number of benzene rings is 1. The first kappa shape index (κ1) is 15.9. The fourth-order valence-electron chi connectivity index (χ4n) is 3.25. The van der Waals surface area contributed by atoms with E-state index in [1.165, 1.54) is 6.07 Å². The van der Waals surface area contributed by atoms with Gasteiger partial charge in [-0.3, -0.25) is 9.59 Å². The zero-order chi connectivity index (χ0) is 16.8. The lowest BCUT2D eigenvalue weighted by Gasteiger charge is -2.40. The lowest BCUT2D eigenvalue weighted by atomic mass is 9.62. The maximum absolute atomic E-state index is 13.5. The average Bonchev–Trinajstić information content (AvgIpc) is 3.05. The van der Waals surface area contributed by atoms with Gasteiger partial charge in [0.1, 0.15) is 11.4 Å². The predicted molar refractivity (Wildman–Crippen MR) is 77.1 cm³/mol. The molecule has 0 spiro atoms. The molecule has 1 aromatic carbocycles. The van der Waals surface area contributed by atoms with Crippen LogP contribution in [0.15, 0.2) is 18.2 Å². The fraction of sp³-hybridized carbons (Fsp3) is 0.500. The summed E-state index contributed by atoms with van der Waals surface area (Å²) in [5.41, 5.74) is -1.21. The average molecular weight is 323 g/mol. The number of aryl methyl sites for hydroxylation is 1. The monoisotopic (exact) mass is 323 g/mol. The molecule has 3 aliphatic rings. The Kier molecular flexibility index (Phi) is 3.65. The van der Waals surface area contributed by atoms with Gasteiger partial charge in [-0.25, -0.2) is 4.39 Å². The maximum Gasteiger partial charge on any atom is 0.312 e. The van der Waals surface area contributed by atoms with Crippen LogP contribution in [0.5, 0.6) is 0 Å². The van der Waals surface area contributed by atoms with Crippen LogP contribution in [0.25, 0.3) is 0 Å². The van der Waals surface area contributed by atoms with E-state index in [-0.39, 0.29) is 26.0 Å². The van der Waals surface area contributed by atoms with Crippen LogP contribution in [0.1, 0.15) is 30.1 Å². The van der Waals surface area contributed by atoms with Gasteiger partial charge < -0.3 is 20.3 Å². The Labute approximate surface area is 132 Å². The van der Waals surface area contributed by atoms with Crippen molar-refractivity contribution in [3.63, 3.8) is 0 Å². The number of aliphatic hydroxyl groups excluding tert-OH is 1. The van der Waals surface area contributed by atoms with E-state index in [0.717, 1.165) is 0 Å². The summed E-state index contributed by atoms with van der Waals surface area (Å²) in [7, 11) is 0. The highest BCUT2D eigenvalue weighted by molar-refractivity contribution is 5.92. The summed E-state index contributed by atoms with van der Waals surface area (Å²) in [4.78, 5) is 23.4. The number of amides is 1. The minimum absolute atomic E-state index is 0.0292. The number of carbonyl (C=O) groups excluding carboxylic acids is 1. The van der Waals surface area contributed by atoms with Gasteiger partial charge in [-0.15, -0.1) is 0 Å². The summed E-state index contributed by atoms with van der Waals surface area (Å²) >= 11 is 0. The van der Waals surface area contributed by atoms with E-state index in [9.17, 15) is 19.1 Å². The second-order valence-corrected chi connectivity index (χ2v) is 6.46. The van der Waals surface area contributed by atoms with E-state index in [1.807, 2.05) is 0 Å². The van der Waals surface area contributed by atoms with Gasteiger partial charge in [0.2, 0.25) is 0 Å². The second-order valence-electron chi connectivity index (χ2n) is 6.46. The van der Waals surface area contributed by atoms with Gasteiger partial charge in [0.05, 0.1) is 18.1 Å². The molecule has 124 valence electrons. The zero-order valence-electron chi connectivity index (χ0n) is 12.6. The Morgan fingerprint density at radius 3 is 2.70 bits per heavy atom. The number of rotatable bonds is 5. The highest BCUT2D eigenvalue weighted by Gasteiger charge is 2.70. The van der Waals surface area contributed by atoms with Crippen LogP contribution in [0.3, 0.4) is 0 Å². The van der Waals surface area contributed by atoms with Gasteiger partial charge in [-0.05, 0) is 24.1 Å². The first-order valence-electron chi connectivity index (χ1n) is 7.38. The molecule has 2 saturated heterocycles. The minimum Gasteiger partial charge on any atom is -0.481 e. The second kappa shape index (κ2) is 5.28. The van der Waals surface area contributed by atoms with Crippen molar-refractivity contribution in [2.24, 2.45) is 5.41 Å². The molecule has 7 heteroatoms. The Morgan fingerprint density at radius 2 is 2.13 bits per heavy atom. The van der Waals surface area contributed by atoms with Gasteiger partial charge in [0.15, 0.2) is 0 Å².